The summed E-state index contributed by atoms with van der Waals surface area (Å²) in [5, 5.41) is 7.48. The number of hydrazone groups is 1. The number of rotatable bonds is 5. The summed E-state index contributed by atoms with van der Waals surface area (Å²) in [5.74, 6) is -0.377. The van der Waals surface area contributed by atoms with Crippen LogP contribution in [0.1, 0.15) is 27.2 Å². The van der Waals surface area contributed by atoms with E-state index in [4.69, 9.17) is 0 Å². The lowest BCUT2D eigenvalue weighted by Crippen LogP contribution is -2.25. The Kier molecular flexibility index (Phi) is 5.95. The van der Waals surface area contributed by atoms with Crippen LogP contribution in [0.5, 0.6) is 0 Å². The second-order valence-electron chi connectivity index (χ2n) is 6.84. The summed E-state index contributed by atoms with van der Waals surface area (Å²) in [7, 11) is 0. The minimum Gasteiger partial charge on any atom is -0.295 e. The molecular formula is C24H19BrN4O2. The molecule has 1 heterocycles. The highest BCUT2D eigenvalue weighted by Crippen LogP contribution is 2.16. The van der Waals surface area contributed by atoms with Crippen LogP contribution in [0, 0.1) is 6.92 Å². The molecule has 0 bridgehead atoms. The van der Waals surface area contributed by atoms with E-state index in [-0.39, 0.29) is 11.5 Å². The molecule has 1 aromatic heterocycles. The van der Waals surface area contributed by atoms with Gasteiger partial charge in [-0.15, -0.1) is 0 Å². The number of para-hydroxylation sites is 1. The molecule has 2 N–H and O–H groups in total. The summed E-state index contributed by atoms with van der Waals surface area (Å²) in [6.45, 7) is 1.81. The van der Waals surface area contributed by atoms with Crippen molar-refractivity contribution in [2.24, 2.45) is 5.10 Å². The van der Waals surface area contributed by atoms with Gasteiger partial charge in [0.25, 0.3) is 11.5 Å². The number of nitrogens with one attached hydrogen (secondary N) is 2. The monoisotopic (exact) mass is 474 g/mol. The first kappa shape index (κ1) is 20.6. The number of H-pyrrole nitrogens is 1. The van der Waals surface area contributed by atoms with Gasteiger partial charge in [-0.1, -0.05) is 60.7 Å². The molecule has 154 valence electrons. The number of aromatic amines is 1. The van der Waals surface area contributed by atoms with Crippen molar-refractivity contribution < 1.29 is 4.79 Å². The molecule has 0 spiro atoms. The number of carbonyl (C=O) groups is 1. The Labute approximate surface area is 187 Å². The maximum Gasteiger partial charge on any atom is 0.281 e. The van der Waals surface area contributed by atoms with E-state index in [1.807, 2.05) is 73.7 Å². The van der Waals surface area contributed by atoms with Gasteiger partial charge in [0.1, 0.15) is 5.71 Å². The molecule has 0 unspecified atom stereocenters. The molecule has 1 amide bonds. The average Bonchev–Trinajstić information content (AvgIpc) is 3.09. The summed E-state index contributed by atoms with van der Waals surface area (Å²) in [5.41, 5.74) is 5.65. The number of amides is 1. The van der Waals surface area contributed by atoms with Crippen molar-refractivity contribution in [1.82, 2.24) is 15.2 Å². The highest BCUT2D eigenvalue weighted by atomic mass is 79.9. The number of nitrogens with zero attached hydrogens (tertiary/aromatic N) is 2. The Hall–Kier alpha value is -3.71. The third kappa shape index (κ3) is 4.27. The number of benzene rings is 3. The van der Waals surface area contributed by atoms with E-state index in [9.17, 15) is 9.59 Å². The van der Waals surface area contributed by atoms with Gasteiger partial charge in [0.2, 0.25) is 0 Å². The quantitative estimate of drug-likeness (QED) is 0.331. The molecule has 0 saturated carbocycles. The standard InChI is InChI=1S/C24H19BrN4O2/c1-16-21(24(31)29(28-16)18-12-6-3-7-13-18)22(17-10-4-2-5-11-17)26-27-23(30)19-14-8-9-15-20(19)25/h2-15,28H,1H3,(H,27,30). The van der Waals surface area contributed by atoms with E-state index in [1.165, 1.54) is 4.68 Å². The van der Waals surface area contributed by atoms with Crippen LogP contribution in [0.4, 0.5) is 0 Å². The van der Waals surface area contributed by atoms with E-state index < -0.39 is 0 Å². The van der Waals surface area contributed by atoms with Crippen LogP contribution in [0.2, 0.25) is 0 Å². The zero-order chi connectivity index (χ0) is 21.8. The van der Waals surface area contributed by atoms with E-state index in [0.717, 1.165) is 0 Å². The average molecular weight is 475 g/mol. The molecule has 3 aromatic carbocycles. The molecule has 7 heteroatoms. The van der Waals surface area contributed by atoms with Gasteiger partial charge >= 0.3 is 0 Å². The zero-order valence-electron chi connectivity index (χ0n) is 16.7. The van der Waals surface area contributed by atoms with Crippen molar-refractivity contribution in [3.63, 3.8) is 0 Å². The van der Waals surface area contributed by atoms with Gasteiger partial charge in [0.05, 0.1) is 16.8 Å². The second-order valence-corrected chi connectivity index (χ2v) is 7.69. The fourth-order valence-corrected chi connectivity index (χ4v) is 3.72. The number of carbonyl (C=O) groups excluding carboxylic acids is 1. The molecule has 0 aliphatic rings. The van der Waals surface area contributed by atoms with Crippen molar-refractivity contribution >= 4 is 27.5 Å². The summed E-state index contributed by atoms with van der Waals surface area (Å²) < 4.78 is 2.13. The number of hydrogen-bond donors (Lipinski definition) is 2. The Bertz CT molecular complexity index is 1310. The minimum atomic E-state index is -0.377. The van der Waals surface area contributed by atoms with E-state index in [2.05, 4.69) is 31.6 Å². The van der Waals surface area contributed by atoms with Crippen molar-refractivity contribution in [3.8, 4) is 5.69 Å². The molecule has 4 aromatic rings. The fraction of sp³-hybridized carbons (Fsp3) is 0.0417. The molecule has 4 rings (SSSR count). The lowest BCUT2D eigenvalue weighted by Gasteiger charge is -2.07. The first-order valence-corrected chi connectivity index (χ1v) is 10.4. The lowest BCUT2D eigenvalue weighted by atomic mass is 10.0. The summed E-state index contributed by atoms with van der Waals surface area (Å²) >= 11 is 3.38. The highest BCUT2D eigenvalue weighted by molar-refractivity contribution is 9.10. The number of halogens is 1. The van der Waals surface area contributed by atoms with Crippen molar-refractivity contribution in [3.05, 3.63) is 122 Å². The maximum absolute atomic E-state index is 13.3. The lowest BCUT2D eigenvalue weighted by molar-refractivity contribution is 0.0954. The molecule has 0 aliphatic heterocycles. The van der Waals surface area contributed by atoms with Crippen LogP contribution < -0.4 is 11.0 Å². The van der Waals surface area contributed by atoms with Crippen LogP contribution >= 0.6 is 15.9 Å². The predicted octanol–water partition coefficient (Wildman–Crippen LogP) is 4.42. The molecule has 31 heavy (non-hydrogen) atoms. The normalized spacial score (nSPS) is 11.4. The van der Waals surface area contributed by atoms with Gasteiger partial charge in [-0.2, -0.15) is 5.10 Å². The zero-order valence-corrected chi connectivity index (χ0v) is 18.3. The van der Waals surface area contributed by atoms with E-state index in [0.29, 0.717) is 38.3 Å². The van der Waals surface area contributed by atoms with E-state index >= 15 is 0 Å². The van der Waals surface area contributed by atoms with E-state index in [1.54, 1.807) is 18.2 Å². The van der Waals surface area contributed by atoms with Crippen LogP contribution in [-0.2, 0) is 0 Å². The molecule has 0 saturated heterocycles. The summed E-state index contributed by atoms with van der Waals surface area (Å²) in [6.07, 6.45) is 0. The van der Waals surface area contributed by atoms with Gasteiger partial charge in [-0.25, -0.2) is 10.1 Å². The number of aromatic nitrogens is 2. The molecule has 6 nitrogen and oxygen atoms in total. The topological polar surface area (TPSA) is 79.2 Å². The van der Waals surface area contributed by atoms with Crippen molar-refractivity contribution in [2.75, 3.05) is 0 Å². The summed E-state index contributed by atoms with van der Waals surface area (Å²) in [6, 6.07) is 25.7. The first-order valence-electron chi connectivity index (χ1n) is 9.61. The largest absolute Gasteiger partial charge is 0.295 e. The van der Waals surface area contributed by atoms with Gasteiger partial charge in [-0.05, 0) is 47.1 Å². The Morgan fingerprint density at radius 1 is 0.935 bits per heavy atom. The first-order chi connectivity index (χ1) is 15.1. The Morgan fingerprint density at radius 2 is 1.55 bits per heavy atom. The van der Waals surface area contributed by atoms with Gasteiger partial charge in [0, 0.05) is 15.7 Å². The van der Waals surface area contributed by atoms with Crippen LogP contribution in [0.25, 0.3) is 5.69 Å². The predicted molar refractivity (Wildman–Crippen MR) is 125 cm³/mol. The second kappa shape index (κ2) is 8.97. The van der Waals surface area contributed by atoms with Gasteiger partial charge in [0.15, 0.2) is 0 Å². The molecule has 0 fully saturated rings. The molecule has 0 atom stereocenters. The van der Waals surface area contributed by atoms with Crippen LogP contribution in [0.15, 0.2) is 99.3 Å². The third-order valence-corrected chi connectivity index (χ3v) is 5.45. The molecule has 0 radical (unpaired) electrons. The minimum absolute atomic E-state index is 0.249. The SMILES string of the molecule is Cc1[nH]n(-c2ccccc2)c(=O)c1C(=NNC(=O)c1ccccc1Br)c1ccccc1. The highest BCUT2D eigenvalue weighted by Gasteiger charge is 2.20. The van der Waals surface area contributed by atoms with Gasteiger partial charge < -0.3 is 0 Å². The molecular weight excluding hydrogens is 456 g/mol. The number of hydrogen-bond acceptors (Lipinski definition) is 3. The Balaban J connectivity index is 1.80. The summed E-state index contributed by atoms with van der Waals surface area (Å²) in [4.78, 5) is 26.0. The van der Waals surface area contributed by atoms with Crippen molar-refractivity contribution in [1.29, 1.82) is 0 Å². The molecule has 0 aliphatic carbocycles. The van der Waals surface area contributed by atoms with Crippen LogP contribution in [-0.4, -0.2) is 21.4 Å². The number of aryl methyl sites for hydroxylation is 1. The smallest absolute Gasteiger partial charge is 0.281 e. The third-order valence-electron chi connectivity index (χ3n) is 4.76. The Morgan fingerprint density at radius 3 is 2.23 bits per heavy atom. The van der Waals surface area contributed by atoms with Gasteiger partial charge in [-0.3, -0.25) is 14.7 Å². The fourth-order valence-electron chi connectivity index (χ4n) is 3.26. The maximum atomic E-state index is 13.3. The van der Waals surface area contributed by atoms with Crippen LogP contribution in [0.3, 0.4) is 0 Å². The van der Waals surface area contributed by atoms with Crippen molar-refractivity contribution in [2.45, 2.75) is 6.92 Å².